The quantitative estimate of drug-likeness (QED) is 0.440. The predicted octanol–water partition coefficient (Wildman–Crippen LogP) is 3.32. The molecule has 0 fully saturated rings. The average molecular weight is 447 g/mol. The van der Waals surface area contributed by atoms with Gasteiger partial charge in [0.25, 0.3) is 11.8 Å². The first-order chi connectivity index (χ1) is 15.9. The van der Waals surface area contributed by atoms with E-state index in [-0.39, 0.29) is 17.3 Å². The van der Waals surface area contributed by atoms with Crippen molar-refractivity contribution in [2.24, 2.45) is 0 Å². The Kier molecular flexibility index (Phi) is 7.53. The van der Waals surface area contributed by atoms with E-state index in [1.807, 2.05) is 0 Å². The lowest BCUT2D eigenvalue weighted by atomic mass is 10.1. The molecule has 2 aromatic heterocycles. The van der Waals surface area contributed by atoms with Crippen molar-refractivity contribution < 1.29 is 14.4 Å². The van der Waals surface area contributed by atoms with Crippen molar-refractivity contribution in [3.05, 3.63) is 72.2 Å². The number of nitrogens with zero attached hydrogens (tertiary/aromatic N) is 3. The summed E-state index contributed by atoms with van der Waals surface area (Å²) in [5.74, 6) is -0.252. The molecule has 4 amide bonds. The summed E-state index contributed by atoms with van der Waals surface area (Å²) in [6, 6.07) is 11.4. The molecule has 3 rings (SSSR count). The minimum Gasteiger partial charge on any atom is -0.355 e. The molecule has 0 atom stereocenters. The van der Waals surface area contributed by atoms with Crippen LogP contribution in [-0.4, -0.2) is 53.4 Å². The number of anilines is 4. The van der Waals surface area contributed by atoms with E-state index in [0.717, 1.165) is 0 Å². The van der Waals surface area contributed by atoms with Gasteiger partial charge in [0.05, 0.1) is 23.1 Å². The van der Waals surface area contributed by atoms with Crippen molar-refractivity contribution in [3.63, 3.8) is 0 Å². The number of aromatic nitrogens is 2. The highest BCUT2D eigenvalue weighted by molar-refractivity contribution is 6.08. The van der Waals surface area contributed by atoms with Crippen molar-refractivity contribution in [3.8, 4) is 0 Å². The number of hydrogen-bond acceptors (Lipinski definition) is 6. The Balaban J connectivity index is 1.89. The van der Waals surface area contributed by atoms with Gasteiger partial charge in [-0.3, -0.25) is 19.9 Å². The molecule has 1 aromatic carbocycles. The SMILES string of the molecule is CCNC(=O)Nc1cc(Nc2ccc(C(=O)N(C)C)cc2)c(C(=O)Nc2cccnc2)cn1. The lowest BCUT2D eigenvalue weighted by Gasteiger charge is -2.15. The van der Waals surface area contributed by atoms with E-state index in [4.69, 9.17) is 0 Å². The molecule has 0 unspecified atom stereocenters. The number of pyridine rings is 2. The van der Waals surface area contributed by atoms with Gasteiger partial charge in [0.2, 0.25) is 0 Å². The van der Waals surface area contributed by atoms with E-state index in [0.29, 0.717) is 29.2 Å². The third kappa shape index (κ3) is 6.26. The maximum atomic E-state index is 12.9. The van der Waals surface area contributed by atoms with Gasteiger partial charge in [-0.05, 0) is 43.3 Å². The van der Waals surface area contributed by atoms with Crippen molar-refractivity contribution >= 4 is 40.7 Å². The number of nitrogens with one attached hydrogen (secondary N) is 4. The smallest absolute Gasteiger partial charge is 0.320 e. The highest BCUT2D eigenvalue weighted by Gasteiger charge is 2.16. The fourth-order valence-electron chi connectivity index (χ4n) is 2.87. The van der Waals surface area contributed by atoms with E-state index in [9.17, 15) is 14.4 Å². The Morgan fingerprint density at radius 3 is 2.36 bits per heavy atom. The maximum absolute atomic E-state index is 12.9. The molecule has 170 valence electrons. The molecule has 0 spiro atoms. The number of benzene rings is 1. The molecule has 10 nitrogen and oxygen atoms in total. The normalized spacial score (nSPS) is 10.2. The first-order valence-electron chi connectivity index (χ1n) is 10.2. The van der Waals surface area contributed by atoms with E-state index in [1.54, 1.807) is 69.7 Å². The van der Waals surface area contributed by atoms with E-state index in [2.05, 4.69) is 31.2 Å². The Morgan fingerprint density at radius 1 is 0.970 bits per heavy atom. The van der Waals surface area contributed by atoms with Crippen LogP contribution in [0.1, 0.15) is 27.6 Å². The topological polar surface area (TPSA) is 128 Å². The molecule has 0 aliphatic rings. The van der Waals surface area contributed by atoms with Crippen molar-refractivity contribution in [1.82, 2.24) is 20.2 Å². The number of amides is 4. The van der Waals surface area contributed by atoms with Crippen LogP contribution in [0.2, 0.25) is 0 Å². The minimum atomic E-state index is -0.407. The fourth-order valence-corrected chi connectivity index (χ4v) is 2.87. The number of urea groups is 1. The number of carbonyl (C=O) groups is 3. The molecular formula is C23H25N7O3. The molecular weight excluding hydrogens is 422 g/mol. The minimum absolute atomic E-state index is 0.115. The van der Waals surface area contributed by atoms with Crippen LogP contribution in [0.4, 0.5) is 27.7 Å². The summed E-state index contributed by atoms with van der Waals surface area (Å²) < 4.78 is 0. The standard InChI is InChI=1S/C23H25N7O3/c1-4-25-23(33)29-20-12-19(27-16-9-7-15(8-10-16)22(32)30(2)3)18(14-26-20)21(31)28-17-6-5-11-24-13-17/h5-14H,4H2,1-3H3,(H,28,31)(H3,25,26,27,29,33). The van der Waals surface area contributed by atoms with Crippen LogP contribution >= 0.6 is 0 Å². The van der Waals surface area contributed by atoms with E-state index >= 15 is 0 Å². The van der Waals surface area contributed by atoms with Crippen LogP contribution in [0.3, 0.4) is 0 Å². The van der Waals surface area contributed by atoms with Crippen molar-refractivity contribution in [2.75, 3.05) is 36.6 Å². The van der Waals surface area contributed by atoms with Gasteiger partial charge in [-0.15, -0.1) is 0 Å². The molecule has 0 saturated heterocycles. The molecule has 0 bridgehead atoms. The Labute approximate surface area is 191 Å². The van der Waals surface area contributed by atoms with Crippen LogP contribution in [0.15, 0.2) is 61.1 Å². The first kappa shape index (κ1) is 23.2. The highest BCUT2D eigenvalue weighted by atomic mass is 16.2. The molecule has 33 heavy (non-hydrogen) atoms. The second-order valence-electron chi connectivity index (χ2n) is 7.20. The van der Waals surface area contributed by atoms with Gasteiger partial charge in [-0.2, -0.15) is 0 Å². The lowest BCUT2D eigenvalue weighted by Crippen LogP contribution is -2.28. The Bertz CT molecular complexity index is 1130. The zero-order chi connectivity index (χ0) is 23.8. The molecule has 0 aliphatic heterocycles. The summed E-state index contributed by atoms with van der Waals surface area (Å²) in [7, 11) is 3.36. The monoisotopic (exact) mass is 447 g/mol. The van der Waals surface area contributed by atoms with Gasteiger partial charge in [0, 0.05) is 50.4 Å². The molecule has 2 heterocycles. The van der Waals surface area contributed by atoms with Crippen molar-refractivity contribution in [2.45, 2.75) is 6.92 Å². The second kappa shape index (κ2) is 10.7. The zero-order valence-corrected chi connectivity index (χ0v) is 18.5. The number of carbonyl (C=O) groups excluding carboxylic acids is 3. The second-order valence-corrected chi connectivity index (χ2v) is 7.20. The lowest BCUT2D eigenvalue weighted by molar-refractivity contribution is 0.0827. The maximum Gasteiger partial charge on any atom is 0.320 e. The summed E-state index contributed by atoms with van der Waals surface area (Å²) in [6.07, 6.45) is 4.51. The van der Waals surface area contributed by atoms with Crippen LogP contribution in [-0.2, 0) is 0 Å². The molecule has 0 radical (unpaired) electrons. The largest absolute Gasteiger partial charge is 0.355 e. The van der Waals surface area contributed by atoms with Gasteiger partial charge in [-0.25, -0.2) is 9.78 Å². The summed E-state index contributed by atoms with van der Waals surface area (Å²) in [6.45, 7) is 2.26. The van der Waals surface area contributed by atoms with Crippen LogP contribution < -0.4 is 21.3 Å². The summed E-state index contributed by atoms with van der Waals surface area (Å²) in [5.41, 5.74) is 2.40. The van der Waals surface area contributed by atoms with Crippen molar-refractivity contribution in [1.29, 1.82) is 0 Å². The number of rotatable bonds is 7. The Morgan fingerprint density at radius 2 is 1.73 bits per heavy atom. The zero-order valence-electron chi connectivity index (χ0n) is 18.5. The first-order valence-corrected chi connectivity index (χ1v) is 10.2. The predicted molar refractivity (Wildman–Crippen MR) is 127 cm³/mol. The van der Waals surface area contributed by atoms with E-state index in [1.165, 1.54) is 17.3 Å². The van der Waals surface area contributed by atoms with Gasteiger partial charge in [0.1, 0.15) is 5.82 Å². The van der Waals surface area contributed by atoms with Gasteiger partial charge >= 0.3 is 6.03 Å². The van der Waals surface area contributed by atoms with Gasteiger partial charge in [-0.1, -0.05) is 0 Å². The fraction of sp³-hybridized carbons (Fsp3) is 0.174. The third-order valence-corrected chi connectivity index (χ3v) is 4.46. The van der Waals surface area contributed by atoms with Crippen LogP contribution in [0.5, 0.6) is 0 Å². The third-order valence-electron chi connectivity index (χ3n) is 4.46. The molecule has 0 aliphatic carbocycles. The van der Waals surface area contributed by atoms with Crippen LogP contribution in [0, 0.1) is 0 Å². The average Bonchev–Trinajstić information content (AvgIpc) is 2.80. The summed E-state index contributed by atoms with van der Waals surface area (Å²) >= 11 is 0. The van der Waals surface area contributed by atoms with E-state index < -0.39 is 11.9 Å². The highest BCUT2D eigenvalue weighted by Crippen LogP contribution is 2.25. The van der Waals surface area contributed by atoms with Crippen LogP contribution in [0.25, 0.3) is 0 Å². The summed E-state index contributed by atoms with van der Waals surface area (Å²) in [5, 5.41) is 11.2. The van der Waals surface area contributed by atoms with Gasteiger partial charge in [0.15, 0.2) is 0 Å². The van der Waals surface area contributed by atoms with Gasteiger partial charge < -0.3 is 20.9 Å². The summed E-state index contributed by atoms with van der Waals surface area (Å²) in [4.78, 5) is 46.6. The molecule has 10 heteroatoms. The number of hydrogen-bond donors (Lipinski definition) is 4. The Hall–Kier alpha value is -4.47. The molecule has 4 N–H and O–H groups in total. The molecule has 3 aromatic rings. The molecule has 0 saturated carbocycles.